The smallest absolute Gasteiger partial charge is 0.319 e. The van der Waals surface area contributed by atoms with Crippen molar-refractivity contribution >= 4 is 33.3 Å². The van der Waals surface area contributed by atoms with Crippen molar-refractivity contribution in [3.05, 3.63) is 54.1 Å². The van der Waals surface area contributed by atoms with Crippen LogP contribution in [0, 0.1) is 0 Å². The molecule has 0 spiro atoms. The zero-order chi connectivity index (χ0) is 21.0. The molecule has 0 bridgehead atoms. The number of benzene rings is 2. The van der Waals surface area contributed by atoms with E-state index < -0.39 is 10.0 Å². The Bertz CT molecular complexity index is 999. The lowest BCUT2D eigenvalue weighted by atomic mass is 10.2. The van der Waals surface area contributed by atoms with Gasteiger partial charge in [-0.15, -0.1) is 0 Å². The third-order valence-corrected chi connectivity index (χ3v) is 5.64. The maximum absolute atomic E-state index is 12.5. The van der Waals surface area contributed by atoms with Crippen LogP contribution in [0.25, 0.3) is 0 Å². The Labute approximate surface area is 170 Å². The van der Waals surface area contributed by atoms with E-state index in [0.717, 1.165) is 12.8 Å². The van der Waals surface area contributed by atoms with Crippen LogP contribution >= 0.6 is 0 Å². The normalized spacial score (nSPS) is 13.8. The summed E-state index contributed by atoms with van der Waals surface area (Å²) in [6, 6.07) is 12.2. The number of hydrogen-bond donors (Lipinski definition) is 4. The lowest BCUT2D eigenvalue weighted by Gasteiger charge is -2.11. The molecule has 0 radical (unpaired) electrons. The summed E-state index contributed by atoms with van der Waals surface area (Å²) in [5.74, 6) is -0.382. The molecule has 154 valence electrons. The van der Waals surface area contributed by atoms with Crippen LogP contribution in [0.15, 0.2) is 53.4 Å². The first kappa shape index (κ1) is 20.8. The first-order valence-electron chi connectivity index (χ1n) is 9.34. The molecule has 2 aromatic carbocycles. The summed E-state index contributed by atoms with van der Waals surface area (Å²) >= 11 is 0. The van der Waals surface area contributed by atoms with Gasteiger partial charge in [-0.1, -0.05) is 6.07 Å². The van der Waals surface area contributed by atoms with Gasteiger partial charge < -0.3 is 16.0 Å². The molecular weight excluding hydrogens is 392 g/mol. The minimum absolute atomic E-state index is 0.00740. The Hall–Kier alpha value is -2.91. The van der Waals surface area contributed by atoms with Crippen molar-refractivity contribution in [1.82, 2.24) is 10.0 Å². The molecule has 0 heterocycles. The molecule has 29 heavy (non-hydrogen) atoms. The van der Waals surface area contributed by atoms with Crippen LogP contribution in [0.3, 0.4) is 0 Å². The largest absolute Gasteiger partial charge is 0.336 e. The average molecular weight is 417 g/mol. The Balaban J connectivity index is 1.64. The van der Waals surface area contributed by atoms with Crippen molar-refractivity contribution in [3.8, 4) is 0 Å². The third kappa shape index (κ3) is 6.03. The van der Waals surface area contributed by atoms with E-state index >= 15 is 0 Å². The number of hydrogen-bond acceptors (Lipinski definition) is 4. The topological polar surface area (TPSA) is 116 Å². The number of urea groups is 1. The first-order chi connectivity index (χ1) is 13.7. The van der Waals surface area contributed by atoms with Gasteiger partial charge in [0.05, 0.1) is 4.90 Å². The summed E-state index contributed by atoms with van der Waals surface area (Å²) < 4.78 is 27.3. The fourth-order valence-electron chi connectivity index (χ4n) is 2.57. The molecule has 8 nitrogen and oxygen atoms in total. The van der Waals surface area contributed by atoms with Crippen molar-refractivity contribution in [2.75, 3.05) is 10.6 Å². The monoisotopic (exact) mass is 416 g/mol. The van der Waals surface area contributed by atoms with Crippen LogP contribution in [0.5, 0.6) is 0 Å². The van der Waals surface area contributed by atoms with Crippen molar-refractivity contribution in [2.45, 2.75) is 43.7 Å². The molecule has 3 amide bonds. The predicted molar refractivity (Wildman–Crippen MR) is 111 cm³/mol. The average Bonchev–Trinajstić information content (AvgIpc) is 3.45. The second-order valence-corrected chi connectivity index (χ2v) is 8.92. The van der Waals surface area contributed by atoms with E-state index in [2.05, 4.69) is 20.7 Å². The van der Waals surface area contributed by atoms with Crippen LogP contribution in [-0.4, -0.2) is 32.4 Å². The summed E-state index contributed by atoms with van der Waals surface area (Å²) in [6.45, 7) is 3.71. The maximum atomic E-state index is 12.5. The summed E-state index contributed by atoms with van der Waals surface area (Å²) in [5.41, 5.74) is 1.32. The summed E-state index contributed by atoms with van der Waals surface area (Å²) in [4.78, 5) is 24.3. The fraction of sp³-hybridized carbons (Fsp3) is 0.300. The second kappa shape index (κ2) is 8.62. The molecule has 0 atom stereocenters. The van der Waals surface area contributed by atoms with Gasteiger partial charge in [0.15, 0.2) is 0 Å². The summed E-state index contributed by atoms with van der Waals surface area (Å²) in [5, 5.41) is 8.08. The molecule has 1 fully saturated rings. The molecule has 0 aromatic heterocycles. The van der Waals surface area contributed by atoms with Crippen LogP contribution in [0.2, 0.25) is 0 Å². The number of sulfonamides is 1. The van der Waals surface area contributed by atoms with Gasteiger partial charge >= 0.3 is 6.03 Å². The minimum Gasteiger partial charge on any atom is -0.336 e. The molecule has 0 saturated heterocycles. The Morgan fingerprint density at radius 2 is 1.66 bits per heavy atom. The quantitative estimate of drug-likeness (QED) is 0.555. The first-order valence-corrected chi connectivity index (χ1v) is 10.8. The second-order valence-electron chi connectivity index (χ2n) is 7.21. The number of anilines is 2. The lowest BCUT2D eigenvalue weighted by Crippen LogP contribution is -2.34. The van der Waals surface area contributed by atoms with E-state index in [9.17, 15) is 18.0 Å². The van der Waals surface area contributed by atoms with Gasteiger partial charge in [-0.25, -0.2) is 17.9 Å². The zero-order valence-electron chi connectivity index (χ0n) is 16.2. The van der Waals surface area contributed by atoms with Crippen LogP contribution < -0.4 is 20.7 Å². The number of amides is 3. The van der Waals surface area contributed by atoms with Gasteiger partial charge in [0.25, 0.3) is 5.91 Å². The zero-order valence-corrected chi connectivity index (χ0v) is 17.0. The highest BCUT2D eigenvalue weighted by atomic mass is 32.2. The molecule has 2 aromatic rings. The van der Waals surface area contributed by atoms with E-state index in [0.29, 0.717) is 16.9 Å². The molecule has 1 aliphatic rings. The molecule has 0 unspecified atom stereocenters. The number of nitrogens with one attached hydrogen (secondary N) is 4. The minimum atomic E-state index is -3.59. The highest BCUT2D eigenvalue weighted by Gasteiger charge is 2.28. The number of rotatable bonds is 7. The van der Waals surface area contributed by atoms with Gasteiger partial charge in [0.2, 0.25) is 10.0 Å². The molecule has 3 rings (SSSR count). The molecule has 0 aliphatic heterocycles. The van der Waals surface area contributed by atoms with Crippen LogP contribution in [0.1, 0.15) is 37.0 Å². The lowest BCUT2D eigenvalue weighted by molar-refractivity contribution is 0.102. The van der Waals surface area contributed by atoms with E-state index in [-0.39, 0.29) is 28.9 Å². The standard InChI is InChI=1S/C20H24N4O4S/c1-13(2)21-20(26)23-15-8-6-14(7-9-15)19(25)22-17-4-3-5-18(12-17)29(27,28)24-16-10-11-16/h3-9,12-13,16,24H,10-11H2,1-2H3,(H,22,25)(H2,21,23,26). The van der Waals surface area contributed by atoms with Gasteiger partial charge in [0.1, 0.15) is 0 Å². The van der Waals surface area contributed by atoms with E-state index in [4.69, 9.17) is 0 Å². The summed E-state index contributed by atoms with van der Waals surface area (Å²) in [7, 11) is -3.59. The molecule has 1 saturated carbocycles. The highest BCUT2D eigenvalue weighted by molar-refractivity contribution is 7.89. The van der Waals surface area contributed by atoms with E-state index in [1.165, 1.54) is 12.1 Å². The van der Waals surface area contributed by atoms with Gasteiger partial charge in [-0.2, -0.15) is 0 Å². The SMILES string of the molecule is CC(C)NC(=O)Nc1ccc(C(=O)Nc2cccc(S(=O)(=O)NC3CC3)c2)cc1. The van der Waals surface area contributed by atoms with Crippen molar-refractivity contribution in [2.24, 2.45) is 0 Å². The molecular formula is C20H24N4O4S. The van der Waals surface area contributed by atoms with Crippen molar-refractivity contribution < 1.29 is 18.0 Å². The van der Waals surface area contributed by atoms with E-state index in [1.54, 1.807) is 36.4 Å². The Morgan fingerprint density at radius 1 is 0.966 bits per heavy atom. The number of carbonyl (C=O) groups is 2. The molecule has 4 N–H and O–H groups in total. The Morgan fingerprint density at radius 3 is 2.28 bits per heavy atom. The van der Waals surface area contributed by atoms with Crippen LogP contribution in [0.4, 0.5) is 16.2 Å². The third-order valence-electron chi connectivity index (χ3n) is 4.13. The molecule has 1 aliphatic carbocycles. The van der Waals surface area contributed by atoms with E-state index in [1.807, 2.05) is 13.8 Å². The molecule has 9 heteroatoms. The van der Waals surface area contributed by atoms with Gasteiger partial charge in [0, 0.05) is 29.0 Å². The van der Waals surface area contributed by atoms with Gasteiger partial charge in [-0.3, -0.25) is 4.79 Å². The predicted octanol–water partition coefficient (Wildman–Crippen LogP) is 2.91. The maximum Gasteiger partial charge on any atom is 0.319 e. The summed E-state index contributed by atoms with van der Waals surface area (Å²) in [6.07, 6.45) is 1.69. The van der Waals surface area contributed by atoms with Crippen LogP contribution in [-0.2, 0) is 10.0 Å². The van der Waals surface area contributed by atoms with Gasteiger partial charge in [-0.05, 0) is 69.2 Å². The highest BCUT2D eigenvalue weighted by Crippen LogP contribution is 2.23. The van der Waals surface area contributed by atoms with Crippen molar-refractivity contribution in [1.29, 1.82) is 0 Å². The Kier molecular flexibility index (Phi) is 6.19. The van der Waals surface area contributed by atoms with Crippen molar-refractivity contribution in [3.63, 3.8) is 0 Å². The fourth-order valence-corrected chi connectivity index (χ4v) is 3.92. The number of carbonyl (C=O) groups excluding carboxylic acids is 2.